The van der Waals surface area contributed by atoms with Crippen LogP contribution in [0.25, 0.3) is 11.3 Å². The molecule has 132 valence electrons. The van der Waals surface area contributed by atoms with Crippen molar-refractivity contribution in [3.8, 4) is 17.2 Å². The minimum Gasteiger partial charge on any atom is -0.472 e. The van der Waals surface area contributed by atoms with Gasteiger partial charge in [-0.1, -0.05) is 35.5 Å². The predicted molar refractivity (Wildman–Crippen MR) is 98.8 cm³/mol. The van der Waals surface area contributed by atoms with Crippen LogP contribution in [0.4, 0.5) is 0 Å². The molecule has 0 N–H and O–H groups in total. The lowest BCUT2D eigenvalue weighted by Crippen LogP contribution is -2.31. The summed E-state index contributed by atoms with van der Waals surface area (Å²) in [5.74, 6) is 0.972. The molecule has 0 bridgehead atoms. The van der Waals surface area contributed by atoms with Crippen LogP contribution in [0.5, 0.6) is 5.88 Å². The molecule has 1 saturated heterocycles. The summed E-state index contributed by atoms with van der Waals surface area (Å²) >= 11 is 3.42. The molecule has 0 aliphatic carbocycles. The van der Waals surface area contributed by atoms with Gasteiger partial charge in [0.15, 0.2) is 11.5 Å². The number of halogens is 1. The van der Waals surface area contributed by atoms with Crippen LogP contribution in [-0.4, -0.2) is 40.1 Å². The first-order valence-electron chi connectivity index (χ1n) is 8.29. The van der Waals surface area contributed by atoms with Gasteiger partial charge in [0.05, 0.1) is 11.0 Å². The van der Waals surface area contributed by atoms with E-state index in [2.05, 4.69) is 26.1 Å². The number of hydrogen-bond donors (Lipinski definition) is 0. The number of rotatable bonds is 4. The molecule has 4 rings (SSSR count). The first-order valence-corrected chi connectivity index (χ1v) is 9.08. The van der Waals surface area contributed by atoms with Crippen molar-refractivity contribution in [2.24, 2.45) is 0 Å². The van der Waals surface area contributed by atoms with Crippen molar-refractivity contribution in [1.29, 1.82) is 0 Å². The molecule has 1 aliphatic rings. The van der Waals surface area contributed by atoms with Crippen LogP contribution >= 0.6 is 15.9 Å². The summed E-state index contributed by atoms with van der Waals surface area (Å²) in [6, 6.07) is 15.0. The average Bonchev–Trinajstić information content (AvgIpc) is 3.34. The van der Waals surface area contributed by atoms with E-state index in [-0.39, 0.29) is 12.0 Å². The van der Waals surface area contributed by atoms with E-state index in [1.54, 1.807) is 17.2 Å². The highest BCUT2D eigenvalue weighted by molar-refractivity contribution is 9.10. The molecule has 0 radical (unpaired) electrons. The Labute approximate surface area is 158 Å². The number of likely N-dealkylation sites (tertiary alicyclic amines) is 1. The Morgan fingerprint density at radius 1 is 1.23 bits per heavy atom. The molecular formula is C19H16BrN3O3. The minimum absolute atomic E-state index is 0.0920. The highest BCUT2D eigenvalue weighted by Gasteiger charge is 2.30. The molecule has 7 heteroatoms. The fraction of sp³-hybridized carbons (Fsp3) is 0.211. The van der Waals surface area contributed by atoms with Gasteiger partial charge in [0.25, 0.3) is 5.91 Å². The second-order valence-corrected chi connectivity index (χ2v) is 6.87. The zero-order valence-electron chi connectivity index (χ0n) is 13.8. The minimum atomic E-state index is -0.151. The summed E-state index contributed by atoms with van der Waals surface area (Å²) in [6.45, 7) is 1.11. The fourth-order valence-corrected chi connectivity index (χ4v) is 3.25. The molecule has 3 aromatic rings. The van der Waals surface area contributed by atoms with Gasteiger partial charge < -0.3 is 14.2 Å². The summed E-state index contributed by atoms with van der Waals surface area (Å²) < 4.78 is 12.0. The van der Waals surface area contributed by atoms with Crippen LogP contribution in [0.15, 0.2) is 63.7 Å². The smallest absolute Gasteiger partial charge is 0.276 e. The van der Waals surface area contributed by atoms with Gasteiger partial charge in [0.2, 0.25) is 5.88 Å². The SMILES string of the molecule is O=C(c1cc(-c2ccccc2)on1)N1CCC(Oc2ncccc2Br)C1. The third kappa shape index (κ3) is 3.48. The number of carbonyl (C=O) groups is 1. The molecule has 1 aliphatic heterocycles. The van der Waals surface area contributed by atoms with Crippen molar-refractivity contribution < 1.29 is 14.1 Å². The van der Waals surface area contributed by atoms with E-state index in [9.17, 15) is 4.79 Å². The first kappa shape index (κ1) is 16.8. The number of pyridine rings is 1. The van der Waals surface area contributed by atoms with E-state index < -0.39 is 0 Å². The van der Waals surface area contributed by atoms with Crippen molar-refractivity contribution in [2.45, 2.75) is 12.5 Å². The van der Waals surface area contributed by atoms with Crippen molar-refractivity contribution in [2.75, 3.05) is 13.1 Å². The molecule has 1 unspecified atom stereocenters. The number of aromatic nitrogens is 2. The second-order valence-electron chi connectivity index (χ2n) is 6.01. The molecule has 1 aromatic carbocycles. The number of nitrogens with zero attached hydrogens (tertiary/aromatic N) is 3. The molecule has 1 fully saturated rings. The monoisotopic (exact) mass is 413 g/mol. The molecule has 6 nitrogen and oxygen atoms in total. The molecule has 3 heterocycles. The van der Waals surface area contributed by atoms with E-state index in [4.69, 9.17) is 9.26 Å². The van der Waals surface area contributed by atoms with Gasteiger partial charge in [-0.2, -0.15) is 0 Å². The predicted octanol–water partition coefficient (Wildman–Crippen LogP) is 3.79. The summed E-state index contributed by atoms with van der Waals surface area (Å²) in [5.41, 5.74) is 1.20. The Morgan fingerprint density at radius 2 is 2.08 bits per heavy atom. The Balaban J connectivity index is 1.42. The Hall–Kier alpha value is -2.67. The lowest BCUT2D eigenvalue weighted by atomic mass is 10.1. The van der Waals surface area contributed by atoms with Crippen LogP contribution in [0.2, 0.25) is 0 Å². The summed E-state index contributed by atoms with van der Waals surface area (Å²) in [6.07, 6.45) is 2.34. The van der Waals surface area contributed by atoms with Crippen molar-refractivity contribution >= 4 is 21.8 Å². The van der Waals surface area contributed by atoms with E-state index in [1.807, 2.05) is 42.5 Å². The summed E-state index contributed by atoms with van der Waals surface area (Å²) in [5, 5.41) is 3.93. The van der Waals surface area contributed by atoms with E-state index in [0.29, 0.717) is 30.4 Å². The Bertz CT molecular complexity index is 913. The maximum atomic E-state index is 12.7. The largest absolute Gasteiger partial charge is 0.472 e. The van der Waals surface area contributed by atoms with Crippen molar-refractivity contribution in [3.63, 3.8) is 0 Å². The summed E-state index contributed by atoms with van der Waals surface area (Å²) in [7, 11) is 0. The first-order chi connectivity index (χ1) is 12.7. The third-order valence-corrected chi connectivity index (χ3v) is 4.83. The zero-order chi connectivity index (χ0) is 17.9. The number of hydrogen-bond acceptors (Lipinski definition) is 5. The number of amides is 1. The van der Waals surface area contributed by atoms with Crippen LogP contribution in [0, 0.1) is 0 Å². The number of benzene rings is 1. The summed E-state index contributed by atoms with van der Waals surface area (Å²) in [4.78, 5) is 18.6. The molecule has 0 saturated carbocycles. The average molecular weight is 414 g/mol. The van der Waals surface area contributed by atoms with Gasteiger partial charge >= 0.3 is 0 Å². The van der Waals surface area contributed by atoms with Gasteiger partial charge in [-0.25, -0.2) is 4.98 Å². The van der Waals surface area contributed by atoms with Gasteiger partial charge in [0.1, 0.15) is 6.10 Å². The molecular weight excluding hydrogens is 398 g/mol. The van der Waals surface area contributed by atoms with Crippen molar-refractivity contribution in [1.82, 2.24) is 15.0 Å². The quantitative estimate of drug-likeness (QED) is 0.650. The standard InChI is InChI=1S/C19H16BrN3O3/c20-15-7-4-9-21-18(15)25-14-8-10-23(12-14)19(24)16-11-17(26-22-16)13-5-2-1-3-6-13/h1-7,9,11,14H,8,10,12H2. The van der Waals surface area contributed by atoms with E-state index in [1.165, 1.54) is 0 Å². The van der Waals surface area contributed by atoms with Gasteiger partial charge in [-0.15, -0.1) is 0 Å². The van der Waals surface area contributed by atoms with Crippen LogP contribution in [0.3, 0.4) is 0 Å². The zero-order valence-corrected chi connectivity index (χ0v) is 15.4. The van der Waals surface area contributed by atoms with Gasteiger partial charge in [0, 0.05) is 30.8 Å². The van der Waals surface area contributed by atoms with E-state index >= 15 is 0 Å². The number of ether oxygens (including phenoxy) is 1. The van der Waals surface area contributed by atoms with E-state index in [0.717, 1.165) is 16.5 Å². The Kier molecular flexibility index (Phi) is 4.71. The molecule has 2 aromatic heterocycles. The topological polar surface area (TPSA) is 68.5 Å². The normalized spacial score (nSPS) is 16.7. The fourth-order valence-electron chi connectivity index (χ4n) is 2.90. The maximum absolute atomic E-state index is 12.7. The molecule has 1 amide bonds. The third-order valence-electron chi connectivity index (χ3n) is 4.22. The van der Waals surface area contributed by atoms with Gasteiger partial charge in [-0.05, 0) is 28.1 Å². The highest BCUT2D eigenvalue weighted by Crippen LogP contribution is 2.26. The lowest BCUT2D eigenvalue weighted by Gasteiger charge is -2.16. The lowest BCUT2D eigenvalue weighted by molar-refractivity contribution is 0.0761. The Morgan fingerprint density at radius 3 is 2.88 bits per heavy atom. The molecule has 0 spiro atoms. The second kappa shape index (κ2) is 7.29. The maximum Gasteiger partial charge on any atom is 0.276 e. The highest BCUT2D eigenvalue weighted by atomic mass is 79.9. The van der Waals surface area contributed by atoms with Crippen molar-refractivity contribution in [3.05, 3.63) is 64.9 Å². The molecule has 1 atom stereocenters. The van der Waals surface area contributed by atoms with Gasteiger partial charge in [-0.3, -0.25) is 4.79 Å². The number of carbonyl (C=O) groups excluding carboxylic acids is 1. The van der Waals surface area contributed by atoms with Crippen LogP contribution in [0.1, 0.15) is 16.9 Å². The van der Waals surface area contributed by atoms with Crippen LogP contribution in [-0.2, 0) is 0 Å². The van der Waals surface area contributed by atoms with Crippen LogP contribution < -0.4 is 4.74 Å². The molecule has 26 heavy (non-hydrogen) atoms.